The van der Waals surface area contributed by atoms with E-state index >= 15 is 0 Å². The van der Waals surface area contributed by atoms with Gasteiger partial charge in [-0.3, -0.25) is 4.90 Å². The van der Waals surface area contributed by atoms with Crippen molar-refractivity contribution in [2.75, 3.05) is 27.3 Å². The molecule has 1 aromatic carbocycles. The first-order chi connectivity index (χ1) is 11.6. The number of likely N-dealkylation sites (tertiary alicyclic amines) is 1. The van der Waals surface area contributed by atoms with E-state index in [0.29, 0.717) is 12.0 Å². The molecule has 0 bridgehead atoms. The van der Waals surface area contributed by atoms with Crippen LogP contribution in [-0.4, -0.2) is 44.3 Å². The van der Waals surface area contributed by atoms with Gasteiger partial charge in [0.15, 0.2) is 11.5 Å². The molecule has 2 N–H and O–H groups in total. The van der Waals surface area contributed by atoms with Gasteiger partial charge >= 0.3 is 0 Å². The number of piperidine rings is 1. The highest BCUT2D eigenvalue weighted by molar-refractivity contribution is 5.43. The Bertz CT molecular complexity index is 544. The topological polar surface area (TPSA) is 47.7 Å². The van der Waals surface area contributed by atoms with Crippen molar-refractivity contribution in [2.45, 2.75) is 51.1 Å². The van der Waals surface area contributed by atoms with Crippen molar-refractivity contribution in [3.8, 4) is 11.5 Å². The third-order valence-electron chi connectivity index (χ3n) is 5.62. The standard InChI is InChI=1S/C20H32N2O2/c1-4-18(16-6-7-16)22-12-15(10-17(21)13-22)9-14-5-8-19(23-2)20(11-14)24-3/h5,8,11,15-18H,4,6-7,9-10,12-13,21H2,1-3H3. The van der Waals surface area contributed by atoms with Gasteiger partial charge in [-0.05, 0) is 61.6 Å². The van der Waals surface area contributed by atoms with Crippen molar-refractivity contribution in [1.29, 1.82) is 0 Å². The largest absolute Gasteiger partial charge is 0.493 e. The molecule has 3 rings (SSSR count). The first-order valence-electron chi connectivity index (χ1n) is 9.35. The molecule has 0 radical (unpaired) electrons. The Labute approximate surface area is 146 Å². The van der Waals surface area contributed by atoms with Gasteiger partial charge in [0.1, 0.15) is 0 Å². The zero-order chi connectivity index (χ0) is 17.1. The Balaban J connectivity index is 1.67. The minimum absolute atomic E-state index is 0.302. The lowest BCUT2D eigenvalue weighted by Gasteiger charge is -2.41. The molecule has 0 amide bonds. The van der Waals surface area contributed by atoms with Crippen LogP contribution in [0.25, 0.3) is 0 Å². The second kappa shape index (κ2) is 7.75. The fourth-order valence-electron chi connectivity index (χ4n) is 4.41. The Morgan fingerprint density at radius 2 is 1.92 bits per heavy atom. The second-order valence-electron chi connectivity index (χ2n) is 7.52. The van der Waals surface area contributed by atoms with E-state index in [4.69, 9.17) is 15.2 Å². The van der Waals surface area contributed by atoms with E-state index in [0.717, 1.165) is 42.8 Å². The third-order valence-corrected chi connectivity index (χ3v) is 5.62. The van der Waals surface area contributed by atoms with Crippen LogP contribution in [-0.2, 0) is 6.42 Å². The van der Waals surface area contributed by atoms with Crippen molar-refractivity contribution < 1.29 is 9.47 Å². The second-order valence-corrected chi connectivity index (χ2v) is 7.52. The van der Waals surface area contributed by atoms with Crippen LogP contribution in [0.15, 0.2) is 18.2 Å². The van der Waals surface area contributed by atoms with Gasteiger partial charge in [-0.1, -0.05) is 13.0 Å². The smallest absolute Gasteiger partial charge is 0.160 e. The average molecular weight is 332 g/mol. The van der Waals surface area contributed by atoms with E-state index < -0.39 is 0 Å². The maximum atomic E-state index is 6.40. The van der Waals surface area contributed by atoms with Crippen molar-refractivity contribution in [2.24, 2.45) is 17.6 Å². The van der Waals surface area contributed by atoms with Crippen LogP contribution in [0.4, 0.5) is 0 Å². The Morgan fingerprint density at radius 3 is 2.54 bits per heavy atom. The number of nitrogens with two attached hydrogens (primary N) is 1. The number of ether oxygens (including phenoxy) is 2. The van der Waals surface area contributed by atoms with E-state index in [-0.39, 0.29) is 0 Å². The summed E-state index contributed by atoms with van der Waals surface area (Å²) in [5.41, 5.74) is 7.71. The number of hydrogen-bond donors (Lipinski definition) is 1. The van der Waals surface area contributed by atoms with E-state index in [9.17, 15) is 0 Å². The molecule has 3 atom stereocenters. The molecule has 1 aliphatic heterocycles. The molecule has 2 aliphatic rings. The van der Waals surface area contributed by atoms with Crippen LogP contribution in [0.3, 0.4) is 0 Å². The van der Waals surface area contributed by atoms with Crippen LogP contribution in [0.5, 0.6) is 11.5 Å². The highest BCUT2D eigenvalue weighted by atomic mass is 16.5. The van der Waals surface area contributed by atoms with Gasteiger partial charge < -0.3 is 15.2 Å². The number of nitrogens with zero attached hydrogens (tertiary/aromatic N) is 1. The SMILES string of the molecule is CCC(C1CC1)N1CC(N)CC(Cc2ccc(OC)c(OC)c2)C1. The summed E-state index contributed by atoms with van der Waals surface area (Å²) in [6, 6.07) is 7.32. The zero-order valence-corrected chi connectivity index (χ0v) is 15.3. The lowest BCUT2D eigenvalue weighted by molar-refractivity contribution is 0.0942. The fourth-order valence-corrected chi connectivity index (χ4v) is 4.41. The molecule has 1 heterocycles. The minimum atomic E-state index is 0.302. The van der Waals surface area contributed by atoms with Crippen LogP contribution in [0, 0.1) is 11.8 Å². The van der Waals surface area contributed by atoms with Crippen molar-refractivity contribution >= 4 is 0 Å². The molecular formula is C20H32N2O2. The molecule has 4 nitrogen and oxygen atoms in total. The Kier molecular flexibility index (Phi) is 5.67. The molecule has 0 spiro atoms. The van der Waals surface area contributed by atoms with Crippen LogP contribution in [0.2, 0.25) is 0 Å². The quantitative estimate of drug-likeness (QED) is 0.833. The van der Waals surface area contributed by atoms with Crippen LogP contribution >= 0.6 is 0 Å². The number of methoxy groups -OCH3 is 2. The van der Waals surface area contributed by atoms with E-state index in [2.05, 4.69) is 24.0 Å². The molecule has 1 saturated carbocycles. The number of hydrogen-bond acceptors (Lipinski definition) is 4. The minimum Gasteiger partial charge on any atom is -0.493 e. The highest BCUT2D eigenvalue weighted by Gasteiger charge is 2.37. The fraction of sp³-hybridized carbons (Fsp3) is 0.700. The van der Waals surface area contributed by atoms with Crippen LogP contribution < -0.4 is 15.2 Å². The van der Waals surface area contributed by atoms with Crippen molar-refractivity contribution in [1.82, 2.24) is 4.90 Å². The van der Waals surface area contributed by atoms with E-state index in [1.54, 1.807) is 14.2 Å². The molecule has 2 fully saturated rings. The van der Waals surface area contributed by atoms with Gasteiger partial charge in [0.05, 0.1) is 14.2 Å². The van der Waals surface area contributed by atoms with Crippen molar-refractivity contribution in [3.63, 3.8) is 0 Å². The molecule has 1 aromatic rings. The van der Waals surface area contributed by atoms with Gasteiger partial charge in [0.2, 0.25) is 0 Å². The first kappa shape index (κ1) is 17.6. The first-order valence-corrected chi connectivity index (χ1v) is 9.35. The summed E-state index contributed by atoms with van der Waals surface area (Å²) in [6.07, 6.45) is 6.24. The van der Waals surface area contributed by atoms with E-state index in [1.807, 2.05) is 6.07 Å². The van der Waals surface area contributed by atoms with Gasteiger partial charge in [0.25, 0.3) is 0 Å². The maximum Gasteiger partial charge on any atom is 0.160 e. The molecule has 0 aromatic heterocycles. The molecule has 24 heavy (non-hydrogen) atoms. The van der Waals surface area contributed by atoms with Gasteiger partial charge in [-0.15, -0.1) is 0 Å². The predicted octanol–water partition coefficient (Wildman–Crippen LogP) is 3.08. The summed E-state index contributed by atoms with van der Waals surface area (Å²) in [7, 11) is 3.37. The lowest BCUT2D eigenvalue weighted by atomic mass is 9.87. The lowest BCUT2D eigenvalue weighted by Crippen LogP contribution is -2.52. The predicted molar refractivity (Wildman–Crippen MR) is 97.7 cm³/mol. The Morgan fingerprint density at radius 1 is 1.17 bits per heavy atom. The van der Waals surface area contributed by atoms with Gasteiger partial charge in [0, 0.05) is 25.2 Å². The van der Waals surface area contributed by atoms with Crippen molar-refractivity contribution in [3.05, 3.63) is 23.8 Å². The normalized spacial score (nSPS) is 26.2. The third kappa shape index (κ3) is 4.04. The zero-order valence-electron chi connectivity index (χ0n) is 15.3. The highest BCUT2D eigenvalue weighted by Crippen LogP contribution is 2.38. The summed E-state index contributed by atoms with van der Waals surface area (Å²) in [5, 5.41) is 0. The number of benzene rings is 1. The monoisotopic (exact) mass is 332 g/mol. The van der Waals surface area contributed by atoms with Gasteiger partial charge in [-0.2, -0.15) is 0 Å². The van der Waals surface area contributed by atoms with Crippen LogP contribution in [0.1, 0.15) is 38.2 Å². The summed E-state index contributed by atoms with van der Waals surface area (Å²) in [4.78, 5) is 2.68. The van der Waals surface area contributed by atoms with E-state index in [1.165, 1.54) is 31.4 Å². The summed E-state index contributed by atoms with van der Waals surface area (Å²) in [6.45, 7) is 4.57. The molecule has 1 saturated heterocycles. The average Bonchev–Trinajstić information content (AvgIpc) is 3.40. The molecule has 3 unspecified atom stereocenters. The Hall–Kier alpha value is -1.26. The van der Waals surface area contributed by atoms with Gasteiger partial charge in [-0.25, -0.2) is 0 Å². The molecule has 134 valence electrons. The summed E-state index contributed by atoms with van der Waals surface area (Å²) >= 11 is 0. The maximum absolute atomic E-state index is 6.40. The molecule has 4 heteroatoms. The summed E-state index contributed by atoms with van der Waals surface area (Å²) < 4.78 is 10.8. The number of rotatable bonds is 7. The molecular weight excluding hydrogens is 300 g/mol. The molecule has 1 aliphatic carbocycles. The summed E-state index contributed by atoms with van der Waals surface area (Å²) in [5.74, 6) is 3.15.